The van der Waals surface area contributed by atoms with Crippen LogP contribution in [-0.2, 0) is 37.3 Å². The first kappa shape index (κ1) is 21.8. The smallest absolute Gasteiger partial charge is 0.274 e. The van der Waals surface area contributed by atoms with Crippen molar-refractivity contribution >= 4 is 23.2 Å². The highest BCUT2D eigenvalue weighted by Gasteiger charge is 2.33. The Balaban J connectivity index is 1.37. The van der Waals surface area contributed by atoms with Crippen molar-refractivity contribution in [1.82, 2.24) is 24.6 Å². The molecule has 7 nitrogen and oxygen atoms in total. The summed E-state index contributed by atoms with van der Waals surface area (Å²) in [5.74, 6) is 0.127. The van der Waals surface area contributed by atoms with Gasteiger partial charge < -0.3 is 9.80 Å². The van der Waals surface area contributed by atoms with Crippen molar-refractivity contribution in [3.05, 3.63) is 69.2 Å². The number of benzene rings is 1. The molecular formula is C24H26FN5O2S. The number of amides is 2. The number of thiazole rings is 1. The maximum Gasteiger partial charge on any atom is 0.274 e. The monoisotopic (exact) mass is 467 g/mol. The number of carbonyl (C=O) groups excluding carboxylic acids is 2. The van der Waals surface area contributed by atoms with E-state index in [1.807, 2.05) is 10.1 Å². The molecule has 33 heavy (non-hydrogen) atoms. The van der Waals surface area contributed by atoms with Gasteiger partial charge >= 0.3 is 0 Å². The summed E-state index contributed by atoms with van der Waals surface area (Å²) in [6.45, 7) is 2.20. The van der Waals surface area contributed by atoms with Crippen molar-refractivity contribution in [3.8, 4) is 0 Å². The Morgan fingerprint density at radius 1 is 1.24 bits per heavy atom. The van der Waals surface area contributed by atoms with Crippen molar-refractivity contribution < 1.29 is 14.0 Å². The van der Waals surface area contributed by atoms with Gasteiger partial charge in [-0.1, -0.05) is 12.1 Å². The predicted molar refractivity (Wildman–Crippen MR) is 122 cm³/mol. The molecule has 2 amide bonds. The Morgan fingerprint density at radius 3 is 2.73 bits per heavy atom. The fraction of sp³-hybridized carbons (Fsp3) is 0.417. The Labute approximate surface area is 195 Å². The van der Waals surface area contributed by atoms with Gasteiger partial charge in [0.1, 0.15) is 5.82 Å². The van der Waals surface area contributed by atoms with Crippen LogP contribution < -0.4 is 0 Å². The molecule has 0 radical (unpaired) electrons. The molecule has 0 unspecified atom stereocenters. The van der Waals surface area contributed by atoms with Crippen LogP contribution in [0.1, 0.15) is 45.8 Å². The first-order valence-corrected chi connectivity index (χ1v) is 12.2. The van der Waals surface area contributed by atoms with Crippen LogP contribution in [0, 0.1) is 11.7 Å². The third kappa shape index (κ3) is 4.83. The number of rotatable bonds is 7. The number of halogens is 1. The lowest BCUT2D eigenvalue weighted by atomic mass is 10.0. The van der Waals surface area contributed by atoms with Gasteiger partial charge in [0.2, 0.25) is 5.91 Å². The van der Waals surface area contributed by atoms with E-state index >= 15 is 0 Å². The lowest BCUT2D eigenvalue weighted by Gasteiger charge is -2.28. The molecule has 1 aliphatic heterocycles. The molecule has 0 atom stereocenters. The number of carbonyl (C=O) groups is 2. The van der Waals surface area contributed by atoms with Crippen molar-refractivity contribution in [2.24, 2.45) is 5.92 Å². The van der Waals surface area contributed by atoms with Gasteiger partial charge in [-0.15, -0.1) is 11.3 Å². The van der Waals surface area contributed by atoms with E-state index in [1.165, 1.54) is 36.3 Å². The molecule has 0 bridgehead atoms. The number of fused-ring (bicyclic) bond motifs is 1. The van der Waals surface area contributed by atoms with Gasteiger partial charge in [-0.2, -0.15) is 5.10 Å². The lowest BCUT2D eigenvalue weighted by molar-refractivity contribution is -0.131. The maximum atomic E-state index is 13.3. The molecule has 2 aromatic heterocycles. The first-order chi connectivity index (χ1) is 16.0. The van der Waals surface area contributed by atoms with Crippen LogP contribution in [-0.4, -0.2) is 50.0 Å². The van der Waals surface area contributed by atoms with E-state index in [-0.39, 0.29) is 24.1 Å². The molecule has 3 heterocycles. The number of aromatic nitrogens is 3. The number of nitrogens with zero attached hydrogens (tertiary/aromatic N) is 5. The summed E-state index contributed by atoms with van der Waals surface area (Å²) in [4.78, 5) is 34.0. The summed E-state index contributed by atoms with van der Waals surface area (Å²) < 4.78 is 15.2. The zero-order chi connectivity index (χ0) is 22.9. The van der Waals surface area contributed by atoms with Crippen LogP contribution in [0.4, 0.5) is 4.39 Å². The summed E-state index contributed by atoms with van der Waals surface area (Å²) in [6, 6.07) is 6.01. The van der Waals surface area contributed by atoms with E-state index in [1.54, 1.807) is 34.5 Å². The van der Waals surface area contributed by atoms with Crippen molar-refractivity contribution in [2.75, 3.05) is 13.6 Å². The molecule has 9 heteroatoms. The Kier molecular flexibility index (Phi) is 5.97. The molecular weight excluding hydrogens is 441 g/mol. The Bertz CT molecular complexity index is 1150. The summed E-state index contributed by atoms with van der Waals surface area (Å²) >= 11 is 1.50. The minimum absolute atomic E-state index is 0.0311. The quantitative estimate of drug-likeness (QED) is 0.535. The number of hydrogen-bond acceptors (Lipinski definition) is 5. The minimum atomic E-state index is -0.318. The van der Waals surface area contributed by atoms with E-state index in [0.717, 1.165) is 29.1 Å². The van der Waals surface area contributed by atoms with Crippen LogP contribution in [0.5, 0.6) is 0 Å². The van der Waals surface area contributed by atoms with E-state index in [9.17, 15) is 14.0 Å². The van der Waals surface area contributed by atoms with E-state index in [0.29, 0.717) is 37.7 Å². The minimum Gasteiger partial charge on any atom is -0.338 e. The van der Waals surface area contributed by atoms with E-state index in [2.05, 4.69) is 4.98 Å². The number of hydrogen-bond donors (Lipinski definition) is 0. The van der Waals surface area contributed by atoms with Gasteiger partial charge in [0.15, 0.2) is 5.69 Å². The fourth-order valence-electron chi connectivity index (χ4n) is 4.27. The molecule has 1 saturated carbocycles. The van der Waals surface area contributed by atoms with Gasteiger partial charge in [-0.05, 0) is 36.5 Å². The maximum absolute atomic E-state index is 13.3. The standard InChI is InChI=1S/C24H26FN5O2S/c1-28(12-19-14-33-15-26-19)24(32)23-20-13-29(22(31)10-16-4-6-18(25)7-5-16)9-8-21(20)30(27-23)11-17-2-3-17/h4-7,14-15,17H,2-3,8-13H2,1H3. The summed E-state index contributed by atoms with van der Waals surface area (Å²) in [7, 11) is 1.76. The molecule has 0 spiro atoms. The zero-order valence-electron chi connectivity index (χ0n) is 18.5. The van der Waals surface area contributed by atoms with Crippen molar-refractivity contribution in [2.45, 2.75) is 45.3 Å². The summed E-state index contributed by atoms with van der Waals surface area (Å²) in [5.41, 5.74) is 5.73. The lowest BCUT2D eigenvalue weighted by Crippen LogP contribution is -2.38. The molecule has 0 saturated heterocycles. The summed E-state index contributed by atoms with van der Waals surface area (Å²) in [6.07, 6.45) is 3.28. The molecule has 5 rings (SSSR count). The Morgan fingerprint density at radius 2 is 2.03 bits per heavy atom. The van der Waals surface area contributed by atoms with Gasteiger partial charge in [0.25, 0.3) is 5.91 Å². The van der Waals surface area contributed by atoms with Gasteiger partial charge in [0.05, 0.1) is 24.2 Å². The first-order valence-electron chi connectivity index (χ1n) is 11.2. The highest BCUT2D eigenvalue weighted by Crippen LogP contribution is 2.33. The predicted octanol–water partition coefficient (Wildman–Crippen LogP) is 3.29. The highest BCUT2D eigenvalue weighted by molar-refractivity contribution is 7.07. The molecule has 172 valence electrons. The molecule has 0 N–H and O–H groups in total. The van der Waals surface area contributed by atoms with Crippen LogP contribution in [0.25, 0.3) is 0 Å². The van der Waals surface area contributed by atoms with E-state index < -0.39 is 0 Å². The molecule has 1 aromatic carbocycles. The third-order valence-corrected chi connectivity index (χ3v) is 6.95. The molecule has 2 aliphatic rings. The normalized spacial score (nSPS) is 15.4. The van der Waals surface area contributed by atoms with Crippen LogP contribution in [0.3, 0.4) is 0 Å². The SMILES string of the molecule is CN(Cc1cscn1)C(=O)c1nn(CC2CC2)c2c1CN(C(=O)Cc1ccc(F)cc1)CC2. The Hall–Kier alpha value is -3.07. The van der Waals surface area contributed by atoms with Gasteiger partial charge in [-0.25, -0.2) is 9.37 Å². The highest BCUT2D eigenvalue weighted by atomic mass is 32.1. The average Bonchev–Trinajstić information content (AvgIpc) is 3.35. The van der Waals surface area contributed by atoms with Crippen LogP contribution in [0.15, 0.2) is 35.2 Å². The van der Waals surface area contributed by atoms with Crippen LogP contribution in [0.2, 0.25) is 0 Å². The van der Waals surface area contributed by atoms with Gasteiger partial charge in [-0.3, -0.25) is 14.3 Å². The average molecular weight is 468 g/mol. The van der Waals surface area contributed by atoms with Gasteiger partial charge in [0, 0.05) is 49.7 Å². The largest absolute Gasteiger partial charge is 0.338 e. The van der Waals surface area contributed by atoms with Crippen LogP contribution >= 0.6 is 11.3 Å². The second-order valence-electron chi connectivity index (χ2n) is 8.91. The fourth-order valence-corrected chi connectivity index (χ4v) is 4.82. The third-order valence-electron chi connectivity index (χ3n) is 6.32. The second-order valence-corrected chi connectivity index (χ2v) is 9.63. The van der Waals surface area contributed by atoms with Crippen molar-refractivity contribution in [3.63, 3.8) is 0 Å². The summed E-state index contributed by atoms with van der Waals surface area (Å²) in [5, 5.41) is 6.67. The second kappa shape index (κ2) is 9.05. The molecule has 3 aromatic rings. The molecule has 1 aliphatic carbocycles. The topological polar surface area (TPSA) is 71.3 Å². The zero-order valence-corrected chi connectivity index (χ0v) is 19.4. The van der Waals surface area contributed by atoms with Crippen molar-refractivity contribution in [1.29, 1.82) is 0 Å². The molecule has 1 fully saturated rings. The van der Waals surface area contributed by atoms with E-state index in [4.69, 9.17) is 5.10 Å².